The monoisotopic (exact) mass is 344 g/mol. The van der Waals surface area contributed by atoms with Crippen molar-refractivity contribution in [2.24, 2.45) is 5.92 Å². The van der Waals surface area contributed by atoms with E-state index in [1.54, 1.807) is 4.90 Å². The Bertz CT molecular complexity index is 490. The molecule has 0 spiro atoms. The fraction of sp³-hybridized carbons (Fsp3) is 0.941. The molecule has 2 fully saturated rings. The Morgan fingerprint density at radius 1 is 1.04 bits per heavy atom. The van der Waals surface area contributed by atoms with Crippen molar-refractivity contribution in [1.29, 1.82) is 0 Å². The standard InChI is InChI=1S/C17H32N2O3S/c1-13(2)16(23(21,22)15-7-5-4-6-8-15)17(20)19-11-9-14(18-3)10-12-19/h13-16,18H,4-12H2,1-3H3. The molecule has 1 saturated carbocycles. The molecule has 1 atom stereocenters. The van der Waals surface area contributed by atoms with Crippen molar-refractivity contribution in [2.45, 2.75) is 75.3 Å². The number of nitrogens with one attached hydrogen (secondary N) is 1. The van der Waals surface area contributed by atoms with E-state index >= 15 is 0 Å². The first-order chi connectivity index (χ1) is 10.9. The number of piperidine rings is 1. The molecule has 2 rings (SSSR count). The second kappa shape index (κ2) is 7.97. The molecule has 1 N–H and O–H groups in total. The van der Waals surface area contributed by atoms with Crippen LogP contribution in [0, 0.1) is 5.92 Å². The lowest BCUT2D eigenvalue weighted by Gasteiger charge is -2.36. The summed E-state index contributed by atoms with van der Waals surface area (Å²) >= 11 is 0. The van der Waals surface area contributed by atoms with E-state index in [-0.39, 0.29) is 17.1 Å². The van der Waals surface area contributed by atoms with Crippen LogP contribution in [0.25, 0.3) is 0 Å². The van der Waals surface area contributed by atoms with E-state index in [4.69, 9.17) is 0 Å². The molecule has 1 aliphatic carbocycles. The first kappa shape index (κ1) is 18.7. The molecule has 1 saturated heterocycles. The quantitative estimate of drug-likeness (QED) is 0.828. The summed E-state index contributed by atoms with van der Waals surface area (Å²) in [5.41, 5.74) is 0. The molecule has 0 aromatic rings. The first-order valence-corrected chi connectivity index (χ1v) is 10.7. The van der Waals surface area contributed by atoms with Crippen LogP contribution >= 0.6 is 0 Å². The minimum absolute atomic E-state index is 0.167. The normalized spacial score (nSPS) is 23.2. The fourth-order valence-corrected chi connectivity index (χ4v) is 6.57. The number of carbonyl (C=O) groups excluding carboxylic acids is 1. The number of likely N-dealkylation sites (tertiary alicyclic amines) is 1. The zero-order valence-electron chi connectivity index (χ0n) is 14.8. The molecule has 134 valence electrons. The molecule has 1 unspecified atom stereocenters. The summed E-state index contributed by atoms with van der Waals surface area (Å²) in [6.45, 7) is 5.05. The molecular formula is C17H32N2O3S. The Morgan fingerprint density at radius 3 is 2.09 bits per heavy atom. The molecule has 0 bridgehead atoms. The molecule has 1 amide bonds. The third kappa shape index (κ3) is 4.27. The third-order valence-electron chi connectivity index (χ3n) is 5.43. The molecule has 0 radical (unpaired) electrons. The summed E-state index contributed by atoms with van der Waals surface area (Å²) in [7, 11) is -1.46. The average molecular weight is 345 g/mol. The molecule has 6 heteroatoms. The van der Waals surface area contributed by atoms with Crippen molar-refractivity contribution in [3.8, 4) is 0 Å². The van der Waals surface area contributed by atoms with Crippen molar-refractivity contribution in [1.82, 2.24) is 10.2 Å². The van der Waals surface area contributed by atoms with Gasteiger partial charge in [-0.05, 0) is 38.6 Å². The van der Waals surface area contributed by atoms with Gasteiger partial charge in [-0.3, -0.25) is 4.79 Å². The zero-order chi connectivity index (χ0) is 17.0. The highest BCUT2D eigenvalue weighted by atomic mass is 32.2. The predicted molar refractivity (Wildman–Crippen MR) is 93.1 cm³/mol. The second-order valence-electron chi connectivity index (χ2n) is 7.40. The number of carbonyl (C=O) groups is 1. The number of hydrogen-bond acceptors (Lipinski definition) is 4. The van der Waals surface area contributed by atoms with Crippen LogP contribution < -0.4 is 5.32 Å². The number of sulfone groups is 1. The molecular weight excluding hydrogens is 312 g/mol. The van der Waals surface area contributed by atoms with E-state index in [2.05, 4.69) is 5.32 Å². The molecule has 1 aliphatic heterocycles. The summed E-state index contributed by atoms with van der Waals surface area (Å²) in [5, 5.41) is 2.06. The van der Waals surface area contributed by atoms with Crippen LogP contribution in [0.4, 0.5) is 0 Å². The van der Waals surface area contributed by atoms with Gasteiger partial charge in [0.15, 0.2) is 9.84 Å². The van der Waals surface area contributed by atoms with E-state index in [1.807, 2.05) is 20.9 Å². The van der Waals surface area contributed by atoms with Crippen molar-refractivity contribution in [2.75, 3.05) is 20.1 Å². The maximum absolute atomic E-state index is 13.1. The number of rotatable bonds is 5. The van der Waals surface area contributed by atoms with Gasteiger partial charge in [0.2, 0.25) is 5.91 Å². The smallest absolute Gasteiger partial charge is 0.241 e. The first-order valence-electron chi connectivity index (χ1n) is 9.06. The summed E-state index contributed by atoms with van der Waals surface area (Å²) in [6, 6.07) is 0.437. The minimum Gasteiger partial charge on any atom is -0.341 e. The molecule has 2 aliphatic rings. The van der Waals surface area contributed by atoms with Crippen LogP contribution in [-0.4, -0.2) is 55.9 Å². The van der Waals surface area contributed by atoms with E-state index in [1.165, 1.54) is 0 Å². The van der Waals surface area contributed by atoms with Crippen LogP contribution in [0.5, 0.6) is 0 Å². The Morgan fingerprint density at radius 2 is 1.61 bits per heavy atom. The predicted octanol–water partition coefficient (Wildman–Crippen LogP) is 1.97. The van der Waals surface area contributed by atoms with E-state index in [9.17, 15) is 13.2 Å². The van der Waals surface area contributed by atoms with Gasteiger partial charge in [-0.25, -0.2) is 8.42 Å². The highest BCUT2D eigenvalue weighted by Crippen LogP contribution is 2.30. The minimum atomic E-state index is -3.40. The van der Waals surface area contributed by atoms with Gasteiger partial charge in [0.05, 0.1) is 5.25 Å². The van der Waals surface area contributed by atoms with Crippen molar-refractivity contribution < 1.29 is 13.2 Å². The van der Waals surface area contributed by atoms with E-state index < -0.39 is 15.1 Å². The van der Waals surface area contributed by atoms with Crippen LogP contribution in [0.2, 0.25) is 0 Å². The largest absolute Gasteiger partial charge is 0.341 e. The van der Waals surface area contributed by atoms with Gasteiger partial charge in [0.1, 0.15) is 5.25 Å². The van der Waals surface area contributed by atoms with Crippen molar-refractivity contribution >= 4 is 15.7 Å². The van der Waals surface area contributed by atoms with Crippen molar-refractivity contribution in [3.05, 3.63) is 0 Å². The van der Waals surface area contributed by atoms with Gasteiger partial charge in [-0.2, -0.15) is 0 Å². The second-order valence-corrected chi connectivity index (χ2v) is 9.75. The summed E-state index contributed by atoms with van der Waals surface area (Å²) in [4.78, 5) is 14.7. The SMILES string of the molecule is CNC1CCN(C(=O)C(C(C)C)S(=O)(=O)C2CCCCC2)CC1. The van der Waals surface area contributed by atoms with Gasteiger partial charge < -0.3 is 10.2 Å². The zero-order valence-corrected chi connectivity index (χ0v) is 15.6. The maximum Gasteiger partial charge on any atom is 0.241 e. The highest BCUT2D eigenvalue weighted by Gasteiger charge is 2.43. The molecule has 0 aromatic carbocycles. The van der Waals surface area contributed by atoms with Crippen LogP contribution in [0.1, 0.15) is 58.8 Å². The van der Waals surface area contributed by atoms with Gasteiger partial charge in [-0.15, -0.1) is 0 Å². The van der Waals surface area contributed by atoms with Gasteiger partial charge in [0, 0.05) is 19.1 Å². The molecule has 1 heterocycles. The fourth-order valence-electron chi connectivity index (χ4n) is 3.97. The third-order valence-corrected chi connectivity index (χ3v) is 8.29. The van der Waals surface area contributed by atoms with Crippen molar-refractivity contribution in [3.63, 3.8) is 0 Å². The lowest BCUT2D eigenvalue weighted by molar-refractivity contribution is -0.132. The summed E-state index contributed by atoms with van der Waals surface area (Å²) in [6.07, 6.45) is 6.30. The van der Waals surface area contributed by atoms with E-state index in [0.29, 0.717) is 19.1 Å². The summed E-state index contributed by atoms with van der Waals surface area (Å²) < 4.78 is 26.1. The Hall–Kier alpha value is -0.620. The lowest BCUT2D eigenvalue weighted by Crippen LogP contribution is -2.52. The number of hydrogen-bond donors (Lipinski definition) is 1. The van der Waals surface area contributed by atoms with Crippen LogP contribution in [0.3, 0.4) is 0 Å². The summed E-state index contributed by atoms with van der Waals surface area (Å²) in [5.74, 6) is -0.337. The molecule has 5 nitrogen and oxygen atoms in total. The van der Waals surface area contributed by atoms with Crippen LogP contribution in [0.15, 0.2) is 0 Å². The highest BCUT2D eigenvalue weighted by molar-refractivity contribution is 7.93. The Labute approximate surface area is 141 Å². The molecule has 23 heavy (non-hydrogen) atoms. The van der Waals surface area contributed by atoms with Gasteiger partial charge in [0.25, 0.3) is 0 Å². The van der Waals surface area contributed by atoms with Gasteiger partial charge in [-0.1, -0.05) is 33.1 Å². The lowest BCUT2D eigenvalue weighted by atomic mass is 10.0. The maximum atomic E-state index is 13.1. The van der Waals surface area contributed by atoms with E-state index in [0.717, 1.165) is 44.9 Å². The number of amides is 1. The van der Waals surface area contributed by atoms with Crippen LogP contribution in [-0.2, 0) is 14.6 Å². The Kier molecular flexibility index (Phi) is 6.48. The average Bonchev–Trinajstić information content (AvgIpc) is 2.55. The molecule has 0 aromatic heterocycles. The Balaban J connectivity index is 2.12. The van der Waals surface area contributed by atoms with Gasteiger partial charge >= 0.3 is 0 Å². The number of nitrogens with zero attached hydrogens (tertiary/aromatic N) is 1. The topological polar surface area (TPSA) is 66.5 Å².